The molecule has 0 spiro atoms. The summed E-state index contributed by atoms with van der Waals surface area (Å²) >= 11 is 0. The van der Waals surface area contributed by atoms with E-state index >= 15 is 0 Å². The topological polar surface area (TPSA) is 57.5 Å². The van der Waals surface area contributed by atoms with Crippen LogP contribution in [0, 0.1) is 17.5 Å². The summed E-state index contributed by atoms with van der Waals surface area (Å²) in [7, 11) is 0. The van der Waals surface area contributed by atoms with Gasteiger partial charge in [0.2, 0.25) is 0 Å². The Balaban J connectivity index is 2.90. The Morgan fingerprint density at radius 1 is 1.25 bits per heavy atom. The Morgan fingerprint density at radius 3 is 2.44 bits per heavy atom. The normalized spacial score (nSPS) is 10.4. The Bertz CT molecular complexity index is 392. The van der Waals surface area contributed by atoms with Crippen molar-refractivity contribution in [1.29, 1.82) is 0 Å². The van der Waals surface area contributed by atoms with Gasteiger partial charge in [-0.15, -0.1) is 0 Å². The van der Waals surface area contributed by atoms with E-state index in [1.807, 2.05) is 0 Å². The molecule has 0 aliphatic heterocycles. The van der Waals surface area contributed by atoms with Crippen molar-refractivity contribution in [3.05, 3.63) is 29.1 Å². The molecule has 2 N–H and O–H groups in total. The number of phenols is 1. The highest BCUT2D eigenvalue weighted by Gasteiger charge is 2.18. The molecule has 1 aromatic rings. The summed E-state index contributed by atoms with van der Waals surface area (Å²) in [4.78, 5) is 10.2. The minimum atomic E-state index is -1.40. The molecule has 0 aromatic heterocycles. The highest BCUT2D eigenvalue weighted by Crippen LogP contribution is 2.27. The van der Waals surface area contributed by atoms with Crippen molar-refractivity contribution in [1.82, 2.24) is 0 Å². The summed E-state index contributed by atoms with van der Waals surface area (Å²) in [6, 6.07) is 0.241. The van der Waals surface area contributed by atoms with Gasteiger partial charge < -0.3 is 10.2 Å². The number of carboxylic acids is 1. The Hall–Kier alpha value is -1.72. The molecule has 0 aliphatic carbocycles. The predicted molar refractivity (Wildman–Crippen MR) is 48.6 cm³/mol. The number of hydrogen-bond donors (Lipinski definition) is 2. The molecular weight excluding hydrogens is 225 g/mol. The van der Waals surface area contributed by atoms with Gasteiger partial charge in [-0.2, -0.15) is 0 Å². The molecule has 0 heterocycles. The van der Waals surface area contributed by atoms with Crippen molar-refractivity contribution >= 4 is 5.97 Å². The first-order valence-corrected chi connectivity index (χ1v) is 4.50. The zero-order valence-corrected chi connectivity index (χ0v) is 8.14. The third kappa shape index (κ3) is 2.65. The number of halogens is 3. The largest absolute Gasteiger partial charge is 0.505 e. The molecule has 1 rings (SSSR count). The fourth-order valence-electron chi connectivity index (χ4n) is 1.28. The number of aromatic hydroxyl groups is 1. The van der Waals surface area contributed by atoms with E-state index in [0.717, 1.165) is 0 Å². The molecule has 1 aromatic carbocycles. The van der Waals surface area contributed by atoms with Gasteiger partial charge in [0.1, 0.15) is 0 Å². The van der Waals surface area contributed by atoms with Crippen LogP contribution in [0.5, 0.6) is 5.75 Å². The molecule has 0 atom stereocenters. The Morgan fingerprint density at radius 2 is 1.88 bits per heavy atom. The van der Waals surface area contributed by atoms with E-state index in [-0.39, 0.29) is 25.3 Å². The number of aliphatic carboxylic acids is 1. The molecule has 0 bridgehead atoms. The Kier molecular flexibility index (Phi) is 3.76. The van der Waals surface area contributed by atoms with Gasteiger partial charge in [0.05, 0.1) is 0 Å². The van der Waals surface area contributed by atoms with Crippen molar-refractivity contribution in [2.45, 2.75) is 19.3 Å². The smallest absolute Gasteiger partial charge is 0.303 e. The van der Waals surface area contributed by atoms with Crippen molar-refractivity contribution in [3.8, 4) is 5.75 Å². The average Bonchev–Trinajstić information content (AvgIpc) is 2.20. The van der Waals surface area contributed by atoms with Crippen molar-refractivity contribution < 1.29 is 28.2 Å². The third-order valence-electron chi connectivity index (χ3n) is 2.06. The Labute approximate surface area is 89.1 Å². The maximum atomic E-state index is 13.1. The van der Waals surface area contributed by atoms with E-state index in [2.05, 4.69) is 0 Å². The van der Waals surface area contributed by atoms with Crippen LogP contribution < -0.4 is 0 Å². The van der Waals surface area contributed by atoms with E-state index in [4.69, 9.17) is 10.2 Å². The predicted octanol–water partition coefficient (Wildman–Crippen LogP) is 2.22. The van der Waals surface area contributed by atoms with Gasteiger partial charge >= 0.3 is 5.97 Å². The lowest BCUT2D eigenvalue weighted by molar-refractivity contribution is -0.137. The standard InChI is InChI=1S/C10H9F3O3/c11-6-4-7(12)10(16)5(9(6)13)2-1-3-8(14)15/h4,16H,1-3H2,(H,14,15). The molecule has 16 heavy (non-hydrogen) atoms. The summed E-state index contributed by atoms with van der Waals surface area (Å²) in [6.07, 6.45) is -0.516. The molecule has 6 heteroatoms. The van der Waals surface area contributed by atoms with Gasteiger partial charge in [0, 0.05) is 18.1 Å². The van der Waals surface area contributed by atoms with Gasteiger partial charge in [-0.1, -0.05) is 0 Å². The highest BCUT2D eigenvalue weighted by atomic mass is 19.2. The molecular formula is C10H9F3O3. The fourth-order valence-corrected chi connectivity index (χ4v) is 1.28. The minimum Gasteiger partial charge on any atom is -0.505 e. The van der Waals surface area contributed by atoms with Crippen LogP contribution in [0.2, 0.25) is 0 Å². The van der Waals surface area contributed by atoms with Crippen LogP contribution in [-0.2, 0) is 11.2 Å². The van der Waals surface area contributed by atoms with Crippen molar-refractivity contribution in [3.63, 3.8) is 0 Å². The molecule has 0 radical (unpaired) electrons. The van der Waals surface area contributed by atoms with Gasteiger partial charge in [-0.05, 0) is 12.8 Å². The molecule has 3 nitrogen and oxygen atoms in total. The van der Waals surface area contributed by atoms with Gasteiger partial charge in [-0.25, -0.2) is 13.2 Å². The molecule has 88 valence electrons. The molecule has 0 amide bonds. The zero-order chi connectivity index (χ0) is 12.3. The van der Waals surface area contributed by atoms with Crippen LogP contribution in [0.4, 0.5) is 13.2 Å². The van der Waals surface area contributed by atoms with Gasteiger partial charge in [0.25, 0.3) is 0 Å². The molecule has 0 unspecified atom stereocenters. The first-order valence-electron chi connectivity index (χ1n) is 4.50. The lowest BCUT2D eigenvalue weighted by Crippen LogP contribution is -2.01. The number of phenolic OH excluding ortho intramolecular Hbond substituents is 1. The average molecular weight is 234 g/mol. The van der Waals surface area contributed by atoms with Crippen LogP contribution in [0.1, 0.15) is 18.4 Å². The number of hydrogen-bond acceptors (Lipinski definition) is 2. The molecule has 0 aliphatic rings. The summed E-state index contributed by atoms with van der Waals surface area (Å²) in [6.45, 7) is 0. The maximum Gasteiger partial charge on any atom is 0.303 e. The van der Waals surface area contributed by atoms with Crippen LogP contribution in [0.15, 0.2) is 6.07 Å². The SMILES string of the molecule is O=C(O)CCCc1c(O)c(F)cc(F)c1F. The number of carboxylic acid groups (broad SMARTS) is 1. The fraction of sp³-hybridized carbons (Fsp3) is 0.300. The number of benzene rings is 1. The van der Waals surface area contributed by atoms with Crippen LogP contribution in [0.3, 0.4) is 0 Å². The second-order valence-corrected chi connectivity index (χ2v) is 3.23. The first-order chi connectivity index (χ1) is 7.43. The minimum absolute atomic E-state index is 0.0112. The summed E-state index contributed by atoms with van der Waals surface area (Å²) in [5.41, 5.74) is -0.529. The summed E-state index contributed by atoms with van der Waals surface area (Å²) in [5.74, 6) is -6.07. The number of carbonyl (C=O) groups is 1. The zero-order valence-electron chi connectivity index (χ0n) is 8.14. The lowest BCUT2D eigenvalue weighted by atomic mass is 10.1. The summed E-state index contributed by atoms with van der Waals surface area (Å²) < 4.78 is 38.7. The van der Waals surface area contributed by atoms with E-state index in [0.29, 0.717) is 0 Å². The summed E-state index contributed by atoms with van der Waals surface area (Å²) in [5, 5.41) is 17.5. The van der Waals surface area contributed by atoms with E-state index in [1.165, 1.54) is 0 Å². The quantitative estimate of drug-likeness (QED) is 0.785. The van der Waals surface area contributed by atoms with E-state index < -0.39 is 34.7 Å². The molecule has 0 saturated carbocycles. The van der Waals surface area contributed by atoms with Crippen LogP contribution in [-0.4, -0.2) is 16.2 Å². The molecule has 0 fully saturated rings. The highest BCUT2D eigenvalue weighted by molar-refractivity contribution is 5.66. The number of rotatable bonds is 4. The van der Waals surface area contributed by atoms with Gasteiger partial charge in [0.15, 0.2) is 23.2 Å². The second-order valence-electron chi connectivity index (χ2n) is 3.23. The third-order valence-corrected chi connectivity index (χ3v) is 2.06. The van der Waals surface area contributed by atoms with Crippen LogP contribution >= 0.6 is 0 Å². The van der Waals surface area contributed by atoms with E-state index in [9.17, 15) is 18.0 Å². The lowest BCUT2D eigenvalue weighted by Gasteiger charge is -2.06. The van der Waals surface area contributed by atoms with Crippen molar-refractivity contribution in [2.75, 3.05) is 0 Å². The van der Waals surface area contributed by atoms with Crippen molar-refractivity contribution in [2.24, 2.45) is 0 Å². The maximum absolute atomic E-state index is 13.1. The molecule has 0 saturated heterocycles. The van der Waals surface area contributed by atoms with Crippen LogP contribution in [0.25, 0.3) is 0 Å². The van der Waals surface area contributed by atoms with E-state index in [1.54, 1.807) is 0 Å². The van der Waals surface area contributed by atoms with Gasteiger partial charge in [-0.3, -0.25) is 4.79 Å². The second kappa shape index (κ2) is 4.87. The monoisotopic (exact) mass is 234 g/mol. The first kappa shape index (κ1) is 12.4.